The number of guanidine groups is 1. The first-order valence-electron chi connectivity index (χ1n) is 11.1. The fourth-order valence-electron chi connectivity index (χ4n) is 3.78. The highest BCUT2D eigenvalue weighted by Gasteiger charge is 2.18. The van der Waals surface area contributed by atoms with Crippen LogP contribution in [0.5, 0.6) is 5.75 Å². The maximum atomic E-state index is 6.21. The number of aromatic nitrogens is 1. The highest BCUT2D eigenvalue weighted by atomic mass is 127. The lowest BCUT2D eigenvalue weighted by Crippen LogP contribution is -2.38. The third-order valence-electron chi connectivity index (χ3n) is 5.43. The van der Waals surface area contributed by atoms with E-state index < -0.39 is 0 Å². The fourth-order valence-corrected chi connectivity index (χ4v) is 3.78. The van der Waals surface area contributed by atoms with Crippen molar-refractivity contribution in [2.45, 2.75) is 39.3 Å². The van der Waals surface area contributed by atoms with Gasteiger partial charge in [0, 0.05) is 42.7 Å². The molecule has 6 nitrogen and oxygen atoms in total. The summed E-state index contributed by atoms with van der Waals surface area (Å²) in [6.07, 6.45) is 1.97. The van der Waals surface area contributed by atoms with Crippen LogP contribution in [0.2, 0.25) is 0 Å². The normalized spacial score (nSPS) is 16.1. The van der Waals surface area contributed by atoms with Gasteiger partial charge in [0.25, 0.3) is 0 Å². The summed E-state index contributed by atoms with van der Waals surface area (Å²) in [6.45, 7) is 7.77. The van der Waals surface area contributed by atoms with Gasteiger partial charge in [-0.3, -0.25) is 0 Å². The van der Waals surface area contributed by atoms with E-state index in [0.29, 0.717) is 13.2 Å². The van der Waals surface area contributed by atoms with E-state index >= 15 is 0 Å². The average Bonchev–Trinajstić information content (AvgIpc) is 3.42. The molecule has 4 rings (SSSR count). The van der Waals surface area contributed by atoms with Gasteiger partial charge >= 0.3 is 0 Å². The largest absolute Gasteiger partial charge is 0.488 e. The number of aromatic amines is 1. The second-order valence-electron chi connectivity index (χ2n) is 7.97. The number of nitrogens with one attached hydrogen (secondary N) is 3. The van der Waals surface area contributed by atoms with E-state index in [0.717, 1.165) is 49.8 Å². The van der Waals surface area contributed by atoms with Crippen LogP contribution in [0.15, 0.2) is 53.5 Å². The summed E-state index contributed by atoms with van der Waals surface area (Å²) in [5.41, 5.74) is 4.67. The van der Waals surface area contributed by atoms with Crippen LogP contribution in [0, 0.1) is 6.92 Å². The van der Waals surface area contributed by atoms with Gasteiger partial charge in [0.2, 0.25) is 0 Å². The number of hydrogen-bond acceptors (Lipinski definition) is 3. The highest BCUT2D eigenvalue weighted by molar-refractivity contribution is 14.0. The second kappa shape index (κ2) is 12.1. The van der Waals surface area contributed by atoms with Crippen LogP contribution in [0.25, 0.3) is 10.9 Å². The van der Waals surface area contributed by atoms with E-state index in [9.17, 15) is 0 Å². The Balaban J connectivity index is 0.00000289. The number of aliphatic imine (C=N–C) groups is 1. The summed E-state index contributed by atoms with van der Waals surface area (Å²) in [5, 5.41) is 8.03. The minimum absolute atomic E-state index is 0. The number of rotatable bonds is 8. The molecular weight excluding hydrogens is 515 g/mol. The van der Waals surface area contributed by atoms with E-state index in [1.165, 1.54) is 22.2 Å². The molecule has 0 spiro atoms. The van der Waals surface area contributed by atoms with E-state index in [1.807, 2.05) is 0 Å². The summed E-state index contributed by atoms with van der Waals surface area (Å²) in [4.78, 5) is 8.27. The number of ether oxygens (including phenoxy) is 2. The summed E-state index contributed by atoms with van der Waals surface area (Å²) < 4.78 is 11.7. The Morgan fingerprint density at radius 1 is 1.19 bits per heavy atom. The molecule has 2 aromatic carbocycles. The Morgan fingerprint density at radius 2 is 2.06 bits per heavy atom. The number of hydrogen-bond donors (Lipinski definition) is 3. The van der Waals surface area contributed by atoms with Gasteiger partial charge in [0.15, 0.2) is 5.96 Å². The van der Waals surface area contributed by atoms with Crippen molar-refractivity contribution in [2.75, 3.05) is 26.3 Å². The van der Waals surface area contributed by atoms with Crippen LogP contribution in [0.1, 0.15) is 30.2 Å². The third kappa shape index (κ3) is 6.62. The van der Waals surface area contributed by atoms with Crippen molar-refractivity contribution < 1.29 is 9.47 Å². The number of nitrogens with zero attached hydrogens (tertiary/aromatic N) is 1. The molecule has 1 aromatic heterocycles. The van der Waals surface area contributed by atoms with E-state index in [2.05, 4.69) is 78.0 Å². The molecule has 0 saturated carbocycles. The molecule has 1 unspecified atom stereocenters. The van der Waals surface area contributed by atoms with Gasteiger partial charge in [-0.1, -0.05) is 30.3 Å². The van der Waals surface area contributed by atoms with E-state index in [1.54, 1.807) is 0 Å². The molecule has 7 heteroatoms. The number of fused-ring (bicyclic) bond motifs is 1. The van der Waals surface area contributed by atoms with Gasteiger partial charge in [-0.05, 0) is 43.0 Å². The Bertz CT molecular complexity index is 995. The zero-order valence-corrected chi connectivity index (χ0v) is 21.1. The Morgan fingerprint density at radius 3 is 2.84 bits per heavy atom. The van der Waals surface area contributed by atoms with Crippen LogP contribution in [-0.2, 0) is 17.7 Å². The van der Waals surface area contributed by atoms with Crippen molar-refractivity contribution in [1.82, 2.24) is 15.6 Å². The predicted octanol–water partition coefficient (Wildman–Crippen LogP) is 4.56. The van der Waals surface area contributed by atoms with Crippen molar-refractivity contribution >= 4 is 40.8 Å². The Kier molecular flexibility index (Phi) is 9.23. The monoisotopic (exact) mass is 548 g/mol. The zero-order valence-electron chi connectivity index (χ0n) is 18.8. The van der Waals surface area contributed by atoms with Crippen LogP contribution in [-0.4, -0.2) is 43.4 Å². The molecule has 172 valence electrons. The fraction of sp³-hybridized carbons (Fsp3) is 0.400. The summed E-state index contributed by atoms with van der Waals surface area (Å²) >= 11 is 0. The Labute approximate surface area is 207 Å². The first kappa shape index (κ1) is 24.4. The van der Waals surface area contributed by atoms with Crippen LogP contribution in [0.4, 0.5) is 0 Å². The van der Waals surface area contributed by atoms with Gasteiger partial charge in [-0.25, -0.2) is 4.99 Å². The first-order chi connectivity index (χ1) is 15.2. The molecular formula is C25H33IN4O2. The van der Waals surface area contributed by atoms with Crippen molar-refractivity contribution in [2.24, 2.45) is 4.99 Å². The molecule has 3 aromatic rings. The minimum atomic E-state index is 0. The van der Waals surface area contributed by atoms with E-state index in [4.69, 9.17) is 14.5 Å². The number of halogens is 1. The molecule has 3 N–H and O–H groups in total. The SMILES string of the molecule is CCNC(=NCc1ccc(C)cc1OC1CCOC1)NCCc1cc2ccccc2[nH]1.I. The molecule has 1 saturated heterocycles. The van der Waals surface area contributed by atoms with Crippen LogP contribution >= 0.6 is 24.0 Å². The Hall–Kier alpha value is -2.26. The molecule has 1 aliphatic rings. The lowest BCUT2D eigenvalue weighted by Gasteiger charge is -2.16. The molecule has 0 aliphatic carbocycles. The molecule has 1 atom stereocenters. The molecule has 2 heterocycles. The maximum Gasteiger partial charge on any atom is 0.191 e. The van der Waals surface area contributed by atoms with Crippen LogP contribution in [0.3, 0.4) is 0 Å². The predicted molar refractivity (Wildman–Crippen MR) is 141 cm³/mol. The van der Waals surface area contributed by atoms with Gasteiger partial charge in [-0.2, -0.15) is 0 Å². The van der Waals surface area contributed by atoms with Gasteiger partial charge < -0.3 is 25.1 Å². The third-order valence-corrected chi connectivity index (χ3v) is 5.43. The lowest BCUT2D eigenvalue weighted by atomic mass is 10.1. The molecule has 0 radical (unpaired) electrons. The van der Waals surface area contributed by atoms with Crippen molar-refractivity contribution in [3.63, 3.8) is 0 Å². The quantitative estimate of drug-likeness (QED) is 0.219. The smallest absolute Gasteiger partial charge is 0.191 e. The second-order valence-corrected chi connectivity index (χ2v) is 7.97. The van der Waals surface area contributed by atoms with Crippen LogP contribution < -0.4 is 15.4 Å². The van der Waals surface area contributed by atoms with Crippen molar-refractivity contribution in [3.05, 3.63) is 65.4 Å². The van der Waals surface area contributed by atoms with Crippen molar-refractivity contribution in [1.29, 1.82) is 0 Å². The lowest BCUT2D eigenvalue weighted by molar-refractivity contribution is 0.140. The number of benzene rings is 2. The standard InChI is InChI=1S/C25H32N4O2.HI/c1-3-26-25(27-12-10-21-15-19-6-4-5-7-23(19)29-21)28-16-20-9-8-18(2)14-24(20)31-22-11-13-30-17-22;/h4-9,14-15,22,29H,3,10-13,16-17H2,1-2H3,(H2,26,27,28);1H. The van der Waals surface area contributed by atoms with E-state index in [-0.39, 0.29) is 30.1 Å². The minimum Gasteiger partial charge on any atom is -0.488 e. The summed E-state index contributed by atoms with van der Waals surface area (Å²) in [7, 11) is 0. The topological polar surface area (TPSA) is 70.7 Å². The first-order valence-corrected chi connectivity index (χ1v) is 11.1. The molecule has 1 aliphatic heterocycles. The average molecular weight is 548 g/mol. The number of H-pyrrole nitrogens is 1. The maximum absolute atomic E-state index is 6.21. The molecule has 32 heavy (non-hydrogen) atoms. The number of aryl methyl sites for hydroxylation is 1. The zero-order chi connectivity index (χ0) is 21.5. The van der Waals surface area contributed by atoms with Crippen molar-refractivity contribution in [3.8, 4) is 5.75 Å². The molecule has 0 bridgehead atoms. The summed E-state index contributed by atoms with van der Waals surface area (Å²) in [5.74, 6) is 1.72. The molecule has 0 amide bonds. The van der Waals surface area contributed by atoms with Gasteiger partial charge in [-0.15, -0.1) is 24.0 Å². The highest BCUT2D eigenvalue weighted by Crippen LogP contribution is 2.24. The van der Waals surface area contributed by atoms with Gasteiger partial charge in [0.05, 0.1) is 19.8 Å². The number of para-hydroxylation sites is 1. The van der Waals surface area contributed by atoms with Gasteiger partial charge in [0.1, 0.15) is 11.9 Å². The molecule has 1 fully saturated rings. The summed E-state index contributed by atoms with van der Waals surface area (Å²) in [6, 6.07) is 16.9.